The summed E-state index contributed by atoms with van der Waals surface area (Å²) in [5, 5.41) is 2.47. The summed E-state index contributed by atoms with van der Waals surface area (Å²) in [4.78, 5) is 34.9. The monoisotopic (exact) mass is 238 g/mol. The molecule has 3 amide bonds. The van der Waals surface area contributed by atoms with E-state index in [1.807, 2.05) is 0 Å². The number of esters is 1. The summed E-state index contributed by atoms with van der Waals surface area (Å²) >= 11 is 0. The van der Waals surface area contributed by atoms with Gasteiger partial charge in [-0.15, -0.1) is 0 Å². The Morgan fingerprint density at radius 3 is 2.94 bits per heavy atom. The van der Waals surface area contributed by atoms with E-state index < -0.39 is 24.5 Å². The molecule has 0 atom stereocenters. The predicted octanol–water partition coefficient (Wildman–Crippen LogP) is -0.0118. The van der Waals surface area contributed by atoms with E-state index >= 15 is 0 Å². The molecule has 0 saturated carbocycles. The minimum Gasteiger partial charge on any atom is -0.457 e. The zero-order valence-corrected chi connectivity index (χ0v) is 8.84. The van der Waals surface area contributed by atoms with Gasteiger partial charge in [0, 0.05) is 13.1 Å². The molecule has 7 heteroatoms. The summed E-state index contributed by atoms with van der Waals surface area (Å²) < 4.78 is 9.50. The van der Waals surface area contributed by atoms with Crippen LogP contribution >= 0.6 is 0 Å². The molecule has 2 heterocycles. The SMILES string of the molecule is O=C(OCC(=O)N1CCNC1=O)c1ccco1. The summed E-state index contributed by atoms with van der Waals surface area (Å²) in [6, 6.07) is 2.49. The summed E-state index contributed by atoms with van der Waals surface area (Å²) in [7, 11) is 0. The predicted molar refractivity (Wildman–Crippen MR) is 54.1 cm³/mol. The lowest BCUT2D eigenvalue weighted by molar-refractivity contribution is -0.130. The van der Waals surface area contributed by atoms with Gasteiger partial charge in [-0.25, -0.2) is 9.59 Å². The third kappa shape index (κ3) is 2.44. The van der Waals surface area contributed by atoms with Gasteiger partial charge >= 0.3 is 12.0 Å². The maximum atomic E-state index is 11.5. The molecule has 90 valence electrons. The topological polar surface area (TPSA) is 88.9 Å². The van der Waals surface area contributed by atoms with Crippen LogP contribution in [0, 0.1) is 0 Å². The molecule has 0 bridgehead atoms. The van der Waals surface area contributed by atoms with Crippen molar-refractivity contribution in [2.75, 3.05) is 19.7 Å². The number of ether oxygens (including phenoxy) is 1. The summed E-state index contributed by atoms with van der Waals surface area (Å²) in [5.41, 5.74) is 0. The third-order valence-electron chi connectivity index (χ3n) is 2.21. The number of nitrogens with zero attached hydrogens (tertiary/aromatic N) is 1. The van der Waals surface area contributed by atoms with E-state index in [9.17, 15) is 14.4 Å². The molecule has 1 N–H and O–H groups in total. The number of hydrogen-bond acceptors (Lipinski definition) is 5. The Morgan fingerprint density at radius 2 is 2.35 bits per heavy atom. The average Bonchev–Trinajstić information content (AvgIpc) is 2.95. The lowest BCUT2D eigenvalue weighted by atomic mass is 10.4. The lowest BCUT2D eigenvalue weighted by Gasteiger charge is -2.11. The number of carbonyl (C=O) groups excluding carboxylic acids is 3. The van der Waals surface area contributed by atoms with Crippen LogP contribution in [-0.2, 0) is 9.53 Å². The molecule has 0 unspecified atom stereocenters. The Kier molecular flexibility index (Phi) is 3.08. The van der Waals surface area contributed by atoms with Gasteiger partial charge < -0.3 is 14.5 Å². The number of hydrogen-bond donors (Lipinski definition) is 1. The molecule has 0 aromatic carbocycles. The van der Waals surface area contributed by atoms with Gasteiger partial charge in [-0.1, -0.05) is 0 Å². The largest absolute Gasteiger partial charge is 0.457 e. The quantitative estimate of drug-likeness (QED) is 0.748. The maximum absolute atomic E-state index is 11.5. The van der Waals surface area contributed by atoms with Gasteiger partial charge in [0.15, 0.2) is 6.61 Å². The van der Waals surface area contributed by atoms with Gasteiger partial charge in [0.25, 0.3) is 5.91 Å². The van der Waals surface area contributed by atoms with E-state index in [1.54, 1.807) is 0 Å². The average molecular weight is 238 g/mol. The standard InChI is InChI=1S/C10H10N2O5/c13-8(12-4-3-11-10(12)15)6-17-9(14)7-2-1-5-16-7/h1-2,5H,3-4,6H2,(H,11,15). The fourth-order valence-corrected chi connectivity index (χ4v) is 1.38. The molecule has 0 radical (unpaired) electrons. The number of furan rings is 1. The molecule has 2 rings (SSSR count). The Balaban J connectivity index is 1.84. The van der Waals surface area contributed by atoms with Crippen molar-refractivity contribution < 1.29 is 23.5 Å². The molecule has 1 aromatic rings. The summed E-state index contributed by atoms with van der Waals surface area (Å²) in [5.74, 6) is -1.27. The molecule has 7 nitrogen and oxygen atoms in total. The van der Waals surface area contributed by atoms with Crippen LogP contribution in [0.5, 0.6) is 0 Å². The first kappa shape index (κ1) is 11.2. The van der Waals surface area contributed by atoms with Gasteiger partial charge in [0.1, 0.15) is 0 Å². The molecular weight excluding hydrogens is 228 g/mol. The van der Waals surface area contributed by atoms with Gasteiger partial charge in [-0.05, 0) is 12.1 Å². The summed E-state index contributed by atoms with van der Waals surface area (Å²) in [6.45, 7) is 0.222. The highest BCUT2D eigenvalue weighted by Crippen LogP contribution is 2.03. The molecule has 1 aliphatic heterocycles. The lowest BCUT2D eigenvalue weighted by Crippen LogP contribution is -2.37. The minimum atomic E-state index is -0.733. The van der Waals surface area contributed by atoms with Crippen LogP contribution < -0.4 is 5.32 Å². The number of imide groups is 1. The van der Waals surface area contributed by atoms with Crippen molar-refractivity contribution in [3.63, 3.8) is 0 Å². The van der Waals surface area contributed by atoms with Crippen molar-refractivity contribution in [2.24, 2.45) is 0 Å². The van der Waals surface area contributed by atoms with Crippen molar-refractivity contribution in [2.45, 2.75) is 0 Å². The first-order chi connectivity index (χ1) is 8.18. The van der Waals surface area contributed by atoms with Crippen LogP contribution in [0.1, 0.15) is 10.6 Å². The molecule has 0 aliphatic carbocycles. The van der Waals surface area contributed by atoms with Crippen molar-refractivity contribution in [3.05, 3.63) is 24.2 Å². The second kappa shape index (κ2) is 4.69. The van der Waals surface area contributed by atoms with E-state index in [0.29, 0.717) is 6.54 Å². The van der Waals surface area contributed by atoms with Crippen molar-refractivity contribution in [1.82, 2.24) is 10.2 Å². The number of rotatable bonds is 3. The van der Waals surface area contributed by atoms with Crippen LogP contribution in [0.2, 0.25) is 0 Å². The first-order valence-electron chi connectivity index (χ1n) is 4.97. The third-order valence-corrected chi connectivity index (χ3v) is 2.21. The smallest absolute Gasteiger partial charge is 0.374 e. The Morgan fingerprint density at radius 1 is 1.53 bits per heavy atom. The number of carbonyl (C=O) groups is 3. The Labute approximate surface area is 96.3 Å². The number of nitrogens with one attached hydrogen (secondary N) is 1. The fraction of sp³-hybridized carbons (Fsp3) is 0.300. The van der Waals surface area contributed by atoms with Crippen molar-refractivity contribution >= 4 is 17.9 Å². The van der Waals surface area contributed by atoms with Gasteiger partial charge in [-0.2, -0.15) is 0 Å². The first-order valence-corrected chi connectivity index (χ1v) is 4.97. The Hall–Kier alpha value is -2.31. The molecular formula is C10H10N2O5. The van der Waals surface area contributed by atoms with E-state index in [2.05, 4.69) is 5.32 Å². The highest BCUT2D eigenvalue weighted by molar-refractivity contribution is 5.97. The van der Waals surface area contributed by atoms with Crippen LogP contribution in [0.3, 0.4) is 0 Å². The zero-order valence-electron chi connectivity index (χ0n) is 8.84. The van der Waals surface area contributed by atoms with Crippen LogP contribution in [0.25, 0.3) is 0 Å². The fourth-order valence-electron chi connectivity index (χ4n) is 1.38. The highest BCUT2D eigenvalue weighted by Gasteiger charge is 2.27. The molecule has 1 aliphatic rings. The molecule has 1 saturated heterocycles. The molecule has 1 fully saturated rings. The van der Waals surface area contributed by atoms with Gasteiger partial charge in [0.2, 0.25) is 5.76 Å². The normalized spacial score (nSPS) is 14.6. The van der Waals surface area contributed by atoms with Crippen LogP contribution in [-0.4, -0.2) is 42.5 Å². The van der Waals surface area contributed by atoms with E-state index in [1.165, 1.54) is 18.4 Å². The van der Waals surface area contributed by atoms with E-state index in [4.69, 9.17) is 9.15 Å². The van der Waals surface area contributed by atoms with Crippen molar-refractivity contribution in [1.29, 1.82) is 0 Å². The van der Waals surface area contributed by atoms with Crippen LogP contribution in [0.15, 0.2) is 22.8 Å². The van der Waals surface area contributed by atoms with Gasteiger partial charge in [-0.3, -0.25) is 9.69 Å². The molecule has 0 spiro atoms. The number of urea groups is 1. The van der Waals surface area contributed by atoms with Gasteiger partial charge in [0.05, 0.1) is 6.26 Å². The second-order valence-electron chi connectivity index (χ2n) is 3.33. The van der Waals surface area contributed by atoms with Crippen LogP contribution in [0.4, 0.5) is 4.79 Å². The Bertz CT molecular complexity index is 440. The molecule has 17 heavy (non-hydrogen) atoms. The minimum absolute atomic E-state index is 0.0173. The second-order valence-corrected chi connectivity index (χ2v) is 3.33. The number of amides is 3. The van der Waals surface area contributed by atoms with Crippen molar-refractivity contribution in [3.8, 4) is 0 Å². The zero-order chi connectivity index (χ0) is 12.3. The summed E-state index contributed by atoms with van der Waals surface area (Å²) in [6.07, 6.45) is 1.33. The highest BCUT2D eigenvalue weighted by atomic mass is 16.5. The molecule has 1 aromatic heterocycles. The van der Waals surface area contributed by atoms with E-state index in [0.717, 1.165) is 4.90 Å². The van der Waals surface area contributed by atoms with E-state index in [-0.39, 0.29) is 12.3 Å². The maximum Gasteiger partial charge on any atom is 0.374 e.